The van der Waals surface area contributed by atoms with Gasteiger partial charge in [0.1, 0.15) is 0 Å². The van der Waals surface area contributed by atoms with Crippen molar-refractivity contribution in [2.45, 2.75) is 13.8 Å². The maximum Gasteiger partial charge on any atom is 0.0455 e. The van der Waals surface area contributed by atoms with Crippen LogP contribution in [-0.4, -0.2) is 20.1 Å². The van der Waals surface area contributed by atoms with Crippen molar-refractivity contribution in [2.75, 3.05) is 25.0 Å². The van der Waals surface area contributed by atoms with Gasteiger partial charge in [-0.3, -0.25) is 0 Å². The van der Waals surface area contributed by atoms with Gasteiger partial charge in [-0.1, -0.05) is 24.6 Å². The number of hydrogen-bond acceptors (Lipinski definition) is 2. The van der Waals surface area contributed by atoms with Gasteiger partial charge in [0.25, 0.3) is 0 Å². The van der Waals surface area contributed by atoms with Crippen LogP contribution in [0.4, 0.5) is 5.69 Å². The van der Waals surface area contributed by atoms with Gasteiger partial charge in [-0.2, -0.15) is 0 Å². The van der Waals surface area contributed by atoms with Gasteiger partial charge in [-0.05, 0) is 37.1 Å². The largest absolute Gasteiger partial charge is 0.374 e. The van der Waals surface area contributed by atoms with Crippen LogP contribution >= 0.6 is 11.6 Å². The summed E-state index contributed by atoms with van der Waals surface area (Å²) in [5.41, 5.74) is 7.86. The summed E-state index contributed by atoms with van der Waals surface area (Å²) in [6.07, 6.45) is 0. The number of halogens is 1. The number of nitrogens with two attached hydrogens (primary N) is 1. The molecule has 1 aromatic rings. The number of rotatable bonds is 4. The third kappa shape index (κ3) is 3.40. The van der Waals surface area contributed by atoms with Crippen LogP contribution in [0.5, 0.6) is 0 Å². The fourth-order valence-electron chi connectivity index (χ4n) is 1.47. The molecule has 1 unspecified atom stereocenters. The minimum absolute atomic E-state index is 0.495. The van der Waals surface area contributed by atoms with E-state index in [4.69, 9.17) is 17.3 Å². The molecule has 2 nitrogen and oxygen atoms in total. The molecule has 3 heteroatoms. The summed E-state index contributed by atoms with van der Waals surface area (Å²) < 4.78 is 0. The van der Waals surface area contributed by atoms with Crippen molar-refractivity contribution in [1.29, 1.82) is 0 Å². The molecule has 0 heterocycles. The molecule has 15 heavy (non-hydrogen) atoms. The summed E-state index contributed by atoms with van der Waals surface area (Å²) in [7, 11) is 2.06. The lowest BCUT2D eigenvalue weighted by molar-refractivity contribution is 0.590. The quantitative estimate of drug-likeness (QED) is 0.856. The van der Waals surface area contributed by atoms with Crippen LogP contribution in [0.15, 0.2) is 18.2 Å². The first-order valence-corrected chi connectivity index (χ1v) is 5.59. The van der Waals surface area contributed by atoms with E-state index in [9.17, 15) is 0 Å². The van der Waals surface area contributed by atoms with E-state index in [0.29, 0.717) is 12.5 Å². The van der Waals surface area contributed by atoms with E-state index >= 15 is 0 Å². The lowest BCUT2D eigenvalue weighted by Crippen LogP contribution is -2.28. The zero-order valence-corrected chi connectivity index (χ0v) is 10.4. The van der Waals surface area contributed by atoms with E-state index in [1.165, 1.54) is 0 Å². The molecule has 1 aromatic carbocycles. The topological polar surface area (TPSA) is 29.3 Å². The highest BCUT2D eigenvalue weighted by atomic mass is 35.5. The smallest absolute Gasteiger partial charge is 0.0455 e. The highest BCUT2D eigenvalue weighted by molar-refractivity contribution is 6.31. The van der Waals surface area contributed by atoms with E-state index in [2.05, 4.69) is 24.9 Å². The molecule has 0 aliphatic rings. The predicted octanol–water partition coefficient (Wildman–Crippen LogP) is 2.68. The second-order valence-corrected chi connectivity index (χ2v) is 4.56. The van der Waals surface area contributed by atoms with E-state index < -0.39 is 0 Å². The average Bonchev–Trinajstić information content (AvgIpc) is 2.21. The third-order valence-electron chi connectivity index (χ3n) is 2.58. The lowest BCUT2D eigenvalue weighted by Gasteiger charge is -2.23. The van der Waals surface area contributed by atoms with Crippen molar-refractivity contribution < 1.29 is 0 Å². The van der Waals surface area contributed by atoms with E-state index in [0.717, 1.165) is 22.8 Å². The number of nitrogens with zero attached hydrogens (tertiary/aromatic N) is 1. The second-order valence-electron chi connectivity index (χ2n) is 4.15. The van der Waals surface area contributed by atoms with Gasteiger partial charge in [0, 0.05) is 24.3 Å². The first-order valence-electron chi connectivity index (χ1n) is 5.22. The molecule has 0 bridgehead atoms. The van der Waals surface area contributed by atoms with Gasteiger partial charge in [-0.25, -0.2) is 0 Å². The van der Waals surface area contributed by atoms with Crippen molar-refractivity contribution in [2.24, 2.45) is 11.7 Å². The van der Waals surface area contributed by atoms with Crippen molar-refractivity contribution in [3.05, 3.63) is 28.8 Å². The molecule has 0 saturated carbocycles. The Balaban J connectivity index is 2.73. The third-order valence-corrected chi connectivity index (χ3v) is 2.99. The van der Waals surface area contributed by atoms with Crippen molar-refractivity contribution in [1.82, 2.24) is 0 Å². The highest BCUT2D eigenvalue weighted by Gasteiger charge is 2.06. The molecule has 1 rings (SSSR count). The molecule has 0 amide bonds. The van der Waals surface area contributed by atoms with Crippen LogP contribution in [0.1, 0.15) is 12.5 Å². The van der Waals surface area contributed by atoms with Gasteiger partial charge in [0.15, 0.2) is 0 Å². The van der Waals surface area contributed by atoms with Crippen molar-refractivity contribution in [3.63, 3.8) is 0 Å². The van der Waals surface area contributed by atoms with Crippen LogP contribution in [0.3, 0.4) is 0 Å². The van der Waals surface area contributed by atoms with Crippen LogP contribution in [0, 0.1) is 12.8 Å². The summed E-state index contributed by atoms with van der Waals surface area (Å²) in [6.45, 7) is 5.82. The Kier molecular flexibility index (Phi) is 4.43. The molecule has 0 spiro atoms. The summed E-state index contributed by atoms with van der Waals surface area (Å²) >= 11 is 6.08. The molecule has 1 atom stereocenters. The lowest BCUT2D eigenvalue weighted by atomic mass is 10.1. The summed E-state index contributed by atoms with van der Waals surface area (Å²) in [5.74, 6) is 0.495. The Morgan fingerprint density at radius 3 is 2.67 bits per heavy atom. The van der Waals surface area contributed by atoms with E-state index in [1.54, 1.807) is 0 Å². The summed E-state index contributed by atoms with van der Waals surface area (Å²) in [5, 5.41) is 0.819. The highest BCUT2D eigenvalue weighted by Crippen LogP contribution is 2.22. The zero-order chi connectivity index (χ0) is 11.4. The van der Waals surface area contributed by atoms with Crippen LogP contribution in [0.25, 0.3) is 0 Å². The van der Waals surface area contributed by atoms with Crippen LogP contribution in [0.2, 0.25) is 5.02 Å². The molecule has 0 radical (unpaired) electrons. The standard InChI is InChI=1S/C12H19ClN2/c1-9(7-14)8-15(3)11-5-4-10(2)12(13)6-11/h4-6,9H,7-8,14H2,1-3H3. The number of benzene rings is 1. The summed E-state index contributed by atoms with van der Waals surface area (Å²) in [6, 6.07) is 6.13. The SMILES string of the molecule is Cc1ccc(N(C)CC(C)CN)cc1Cl. The molecule has 2 N–H and O–H groups in total. The Hall–Kier alpha value is -0.730. The first-order chi connectivity index (χ1) is 7.04. The fourth-order valence-corrected chi connectivity index (χ4v) is 1.64. The Labute approximate surface area is 97.0 Å². The molecule has 0 saturated heterocycles. The van der Waals surface area contributed by atoms with Gasteiger partial charge in [0.2, 0.25) is 0 Å². The maximum absolute atomic E-state index is 6.08. The summed E-state index contributed by atoms with van der Waals surface area (Å²) in [4.78, 5) is 2.18. The first kappa shape index (κ1) is 12.3. The maximum atomic E-state index is 6.08. The predicted molar refractivity (Wildman–Crippen MR) is 67.7 cm³/mol. The molecule has 0 aliphatic heterocycles. The second kappa shape index (κ2) is 5.38. The van der Waals surface area contributed by atoms with Gasteiger partial charge in [0.05, 0.1) is 0 Å². The average molecular weight is 227 g/mol. The molecular formula is C12H19ClN2. The Bertz CT molecular complexity index is 325. The van der Waals surface area contributed by atoms with E-state index in [-0.39, 0.29) is 0 Å². The zero-order valence-electron chi connectivity index (χ0n) is 9.63. The number of anilines is 1. The van der Waals surface area contributed by atoms with Crippen molar-refractivity contribution in [3.8, 4) is 0 Å². The molecule has 0 aliphatic carbocycles. The molecule has 0 fully saturated rings. The van der Waals surface area contributed by atoms with Gasteiger partial charge >= 0.3 is 0 Å². The van der Waals surface area contributed by atoms with Crippen molar-refractivity contribution >= 4 is 17.3 Å². The Morgan fingerprint density at radius 1 is 1.47 bits per heavy atom. The normalized spacial score (nSPS) is 12.6. The fraction of sp³-hybridized carbons (Fsp3) is 0.500. The number of hydrogen-bond donors (Lipinski definition) is 1. The molecule has 0 aromatic heterocycles. The van der Waals surface area contributed by atoms with Crippen LogP contribution < -0.4 is 10.6 Å². The Morgan fingerprint density at radius 2 is 2.13 bits per heavy atom. The van der Waals surface area contributed by atoms with Gasteiger partial charge in [-0.15, -0.1) is 0 Å². The molecular weight excluding hydrogens is 208 g/mol. The minimum Gasteiger partial charge on any atom is -0.374 e. The molecule has 84 valence electrons. The van der Waals surface area contributed by atoms with E-state index in [1.807, 2.05) is 19.1 Å². The minimum atomic E-state index is 0.495. The van der Waals surface area contributed by atoms with Gasteiger partial charge < -0.3 is 10.6 Å². The van der Waals surface area contributed by atoms with Crippen LogP contribution in [-0.2, 0) is 0 Å². The number of aryl methyl sites for hydroxylation is 1. The monoisotopic (exact) mass is 226 g/mol.